The fourth-order valence-electron chi connectivity index (χ4n) is 2.89. The Morgan fingerprint density at radius 1 is 1.19 bits per heavy atom. The number of carbonyl (C=O) groups is 2. The summed E-state index contributed by atoms with van der Waals surface area (Å²) in [5, 5.41) is 2.69. The number of aliphatic imine (C=N–C) groups is 1. The molecule has 6 heteroatoms. The summed E-state index contributed by atoms with van der Waals surface area (Å²) in [7, 11) is 0. The maximum Gasteiger partial charge on any atom is 0.363 e. The van der Waals surface area contributed by atoms with Crippen molar-refractivity contribution in [3.8, 4) is 5.75 Å². The number of nitrogens with zero attached hydrogens (tertiary/aromatic N) is 1. The Kier molecular flexibility index (Phi) is 4.01. The van der Waals surface area contributed by atoms with Crippen molar-refractivity contribution >= 4 is 29.5 Å². The van der Waals surface area contributed by atoms with Gasteiger partial charge in [-0.25, -0.2) is 9.79 Å². The molecule has 0 unspecified atom stereocenters. The molecule has 2 aliphatic rings. The zero-order valence-electron chi connectivity index (χ0n) is 14.1. The van der Waals surface area contributed by atoms with Gasteiger partial charge >= 0.3 is 5.97 Å². The molecule has 2 aromatic rings. The maximum absolute atomic E-state index is 12.1. The third-order valence-electron chi connectivity index (χ3n) is 4.09. The second-order valence-corrected chi connectivity index (χ2v) is 6.06. The van der Waals surface area contributed by atoms with E-state index in [2.05, 4.69) is 10.3 Å². The van der Waals surface area contributed by atoms with Gasteiger partial charge in [-0.05, 0) is 53.6 Å². The third-order valence-corrected chi connectivity index (χ3v) is 4.09. The maximum atomic E-state index is 12.1. The molecule has 26 heavy (non-hydrogen) atoms. The second-order valence-electron chi connectivity index (χ2n) is 6.06. The first-order chi connectivity index (χ1) is 12.6. The number of hydrogen-bond acceptors (Lipinski definition) is 5. The third kappa shape index (κ3) is 3.21. The molecule has 0 aromatic heterocycles. The molecule has 0 fully saturated rings. The first kappa shape index (κ1) is 16.1. The predicted molar refractivity (Wildman–Crippen MR) is 97.0 cm³/mol. The lowest BCUT2D eigenvalue weighted by Gasteiger charge is -2.03. The lowest BCUT2D eigenvalue weighted by atomic mass is 10.1. The fourth-order valence-corrected chi connectivity index (χ4v) is 2.89. The minimum atomic E-state index is -0.484. The van der Waals surface area contributed by atoms with E-state index in [1.807, 2.05) is 18.2 Å². The molecule has 2 aliphatic heterocycles. The molecular weight excluding hydrogens is 332 g/mol. The number of anilines is 1. The number of fused-ring (bicyclic) bond motifs is 1. The van der Waals surface area contributed by atoms with Crippen LogP contribution in [-0.4, -0.2) is 24.4 Å². The summed E-state index contributed by atoms with van der Waals surface area (Å²) in [6, 6.07) is 12.7. The summed E-state index contributed by atoms with van der Waals surface area (Å²) in [6.07, 6.45) is 2.57. The molecule has 2 aromatic carbocycles. The normalized spacial score (nSPS) is 16.7. The van der Waals surface area contributed by atoms with Gasteiger partial charge in [0.25, 0.3) is 0 Å². The highest BCUT2D eigenvalue weighted by Gasteiger charge is 2.24. The van der Waals surface area contributed by atoms with Crippen molar-refractivity contribution < 1.29 is 19.1 Å². The van der Waals surface area contributed by atoms with Crippen LogP contribution in [0.4, 0.5) is 5.69 Å². The van der Waals surface area contributed by atoms with Crippen LogP contribution in [0.3, 0.4) is 0 Å². The Hall–Kier alpha value is -3.41. The van der Waals surface area contributed by atoms with Crippen LogP contribution in [0.2, 0.25) is 0 Å². The van der Waals surface area contributed by atoms with Gasteiger partial charge in [0.2, 0.25) is 11.8 Å². The summed E-state index contributed by atoms with van der Waals surface area (Å²) in [6.45, 7) is 2.13. The van der Waals surface area contributed by atoms with E-state index in [-0.39, 0.29) is 17.5 Å². The average Bonchev–Trinajstić information content (AvgIpc) is 3.22. The summed E-state index contributed by atoms with van der Waals surface area (Å²) in [4.78, 5) is 27.5. The zero-order valence-corrected chi connectivity index (χ0v) is 14.1. The molecule has 4 rings (SSSR count). The zero-order chi connectivity index (χ0) is 18.1. The number of benzene rings is 2. The Bertz CT molecular complexity index is 958. The Morgan fingerprint density at radius 3 is 2.77 bits per heavy atom. The van der Waals surface area contributed by atoms with Crippen LogP contribution >= 0.6 is 0 Å². The lowest BCUT2D eigenvalue weighted by molar-refractivity contribution is -0.129. The smallest absolute Gasteiger partial charge is 0.363 e. The van der Waals surface area contributed by atoms with Crippen LogP contribution in [0.1, 0.15) is 23.6 Å². The average molecular weight is 348 g/mol. The van der Waals surface area contributed by atoms with Crippen molar-refractivity contribution in [2.45, 2.75) is 13.3 Å². The molecule has 130 valence electrons. The van der Waals surface area contributed by atoms with E-state index in [4.69, 9.17) is 9.47 Å². The standard InChI is InChI=1S/C20H16N2O4/c1-12(23)21-16-5-3-14(4-6-16)19-22-17(20(24)26-19)11-13-2-7-18-15(10-13)8-9-25-18/h2-7,10-11H,8-9H2,1H3,(H,21,23)/b17-11+. The van der Waals surface area contributed by atoms with Gasteiger partial charge in [0.15, 0.2) is 5.70 Å². The number of amides is 1. The highest BCUT2D eigenvalue weighted by atomic mass is 16.6. The summed E-state index contributed by atoms with van der Waals surface area (Å²) in [5.74, 6) is 0.514. The van der Waals surface area contributed by atoms with Crippen LogP contribution < -0.4 is 10.1 Å². The van der Waals surface area contributed by atoms with Gasteiger partial charge < -0.3 is 14.8 Å². The minimum Gasteiger partial charge on any atom is -0.493 e. The lowest BCUT2D eigenvalue weighted by Crippen LogP contribution is -2.07. The van der Waals surface area contributed by atoms with Crippen molar-refractivity contribution in [3.63, 3.8) is 0 Å². The highest BCUT2D eigenvalue weighted by Crippen LogP contribution is 2.27. The number of nitrogens with one attached hydrogen (secondary N) is 1. The van der Waals surface area contributed by atoms with Crippen molar-refractivity contribution in [1.82, 2.24) is 0 Å². The van der Waals surface area contributed by atoms with Crippen LogP contribution in [0.25, 0.3) is 6.08 Å². The van der Waals surface area contributed by atoms with Crippen molar-refractivity contribution in [1.29, 1.82) is 0 Å². The van der Waals surface area contributed by atoms with Gasteiger partial charge in [-0.2, -0.15) is 0 Å². The molecule has 0 saturated carbocycles. The van der Waals surface area contributed by atoms with E-state index in [1.165, 1.54) is 6.92 Å². The minimum absolute atomic E-state index is 0.146. The van der Waals surface area contributed by atoms with Gasteiger partial charge in [0.05, 0.1) is 6.61 Å². The van der Waals surface area contributed by atoms with E-state index in [9.17, 15) is 9.59 Å². The molecule has 1 amide bonds. The number of cyclic esters (lactones) is 1. The molecule has 0 atom stereocenters. The van der Waals surface area contributed by atoms with Crippen molar-refractivity contribution in [2.75, 3.05) is 11.9 Å². The fraction of sp³-hybridized carbons (Fsp3) is 0.150. The number of rotatable bonds is 3. The Balaban J connectivity index is 1.58. The molecule has 6 nitrogen and oxygen atoms in total. The van der Waals surface area contributed by atoms with Crippen molar-refractivity contribution in [2.24, 2.45) is 4.99 Å². The van der Waals surface area contributed by atoms with E-state index in [1.54, 1.807) is 30.3 Å². The van der Waals surface area contributed by atoms with Crippen LogP contribution in [0.5, 0.6) is 5.75 Å². The number of esters is 1. The monoisotopic (exact) mass is 348 g/mol. The Labute approximate surface area is 150 Å². The number of hydrogen-bond donors (Lipinski definition) is 1. The first-order valence-corrected chi connectivity index (χ1v) is 8.25. The van der Waals surface area contributed by atoms with E-state index in [0.29, 0.717) is 17.9 Å². The van der Waals surface area contributed by atoms with Crippen LogP contribution in [0, 0.1) is 0 Å². The predicted octanol–water partition coefficient (Wildman–Crippen LogP) is 2.92. The summed E-state index contributed by atoms with van der Waals surface area (Å²) < 4.78 is 10.8. The van der Waals surface area contributed by atoms with Gasteiger partial charge in [-0.3, -0.25) is 4.79 Å². The summed E-state index contributed by atoms with van der Waals surface area (Å²) >= 11 is 0. The SMILES string of the molecule is CC(=O)Nc1ccc(C2=N/C(=C/c3ccc4c(c3)CCO4)C(=O)O2)cc1. The molecule has 2 heterocycles. The molecular formula is C20H16N2O4. The Morgan fingerprint density at radius 2 is 2.00 bits per heavy atom. The molecule has 0 aliphatic carbocycles. The van der Waals surface area contributed by atoms with E-state index < -0.39 is 5.97 Å². The van der Waals surface area contributed by atoms with E-state index >= 15 is 0 Å². The van der Waals surface area contributed by atoms with Crippen LogP contribution in [0.15, 0.2) is 53.2 Å². The molecule has 0 radical (unpaired) electrons. The quantitative estimate of drug-likeness (QED) is 0.683. The van der Waals surface area contributed by atoms with Crippen molar-refractivity contribution in [3.05, 3.63) is 64.9 Å². The summed E-state index contributed by atoms with van der Waals surface area (Å²) in [5.41, 5.74) is 3.60. The largest absolute Gasteiger partial charge is 0.493 e. The molecule has 0 spiro atoms. The highest BCUT2D eigenvalue weighted by molar-refractivity contribution is 6.13. The second kappa shape index (κ2) is 6.48. The van der Waals surface area contributed by atoms with E-state index in [0.717, 1.165) is 23.3 Å². The topological polar surface area (TPSA) is 77.0 Å². The molecule has 0 saturated heterocycles. The van der Waals surface area contributed by atoms with Gasteiger partial charge in [-0.1, -0.05) is 6.07 Å². The molecule has 0 bridgehead atoms. The van der Waals surface area contributed by atoms with Gasteiger partial charge in [0.1, 0.15) is 5.75 Å². The van der Waals surface area contributed by atoms with Gasteiger partial charge in [-0.15, -0.1) is 0 Å². The first-order valence-electron chi connectivity index (χ1n) is 8.25. The van der Waals surface area contributed by atoms with Crippen LogP contribution in [-0.2, 0) is 20.7 Å². The number of ether oxygens (including phenoxy) is 2. The molecule has 1 N–H and O–H groups in total. The van der Waals surface area contributed by atoms with Gasteiger partial charge in [0, 0.05) is 24.6 Å². The number of carbonyl (C=O) groups excluding carboxylic acids is 2.